The van der Waals surface area contributed by atoms with Crippen molar-refractivity contribution >= 4 is 28.5 Å². The number of benzene rings is 3. The summed E-state index contributed by atoms with van der Waals surface area (Å²) in [6.07, 6.45) is 0.466. The fourth-order valence-electron chi connectivity index (χ4n) is 4.15. The highest BCUT2D eigenvalue weighted by atomic mass is 16.6. The Morgan fingerprint density at radius 2 is 1.58 bits per heavy atom. The van der Waals surface area contributed by atoms with E-state index in [2.05, 4.69) is 10.8 Å². The first-order valence-corrected chi connectivity index (χ1v) is 12.0. The lowest BCUT2D eigenvalue weighted by Crippen LogP contribution is -2.50. The third-order valence-electron chi connectivity index (χ3n) is 5.87. The number of hydroxylamine groups is 2. The lowest BCUT2D eigenvalue weighted by atomic mass is 9.92. The number of hydrogen-bond donors (Lipinski definition) is 4. The van der Waals surface area contributed by atoms with E-state index in [1.165, 1.54) is 0 Å². The van der Waals surface area contributed by atoms with E-state index >= 15 is 0 Å². The summed E-state index contributed by atoms with van der Waals surface area (Å²) in [4.78, 5) is 43.6. The largest absolute Gasteiger partial charge is 0.344 e. The Morgan fingerprint density at radius 1 is 0.889 bits per heavy atom. The van der Waals surface area contributed by atoms with Crippen molar-refractivity contribution in [2.75, 3.05) is 0 Å². The number of carbonyl (C=O) groups is 3. The van der Waals surface area contributed by atoms with E-state index in [-0.39, 0.29) is 25.4 Å². The van der Waals surface area contributed by atoms with Crippen molar-refractivity contribution in [2.24, 2.45) is 11.8 Å². The molecule has 0 saturated heterocycles. The molecule has 0 spiro atoms. The van der Waals surface area contributed by atoms with Gasteiger partial charge in [-0.15, -0.1) is 0 Å². The quantitative estimate of drug-likeness (QED) is 0.228. The van der Waals surface area contributed by atoms with E-state index in [4.69, 9.17) is 10.0 Å². The van der Waals surface area contributed by atoms with Crippen molar-refractivity contribution in [3.8, 4) is 0 Å². The SMILES string of the molecule is CC(C)C[C@@H](CC(=O)NO)C(=O)N[C@H](Cc1cccc2ccccc12)C(=O)NOCc1ccccc1. The summed E-state index contributed by atoms with van der Waals surface area (Å²) in [5, 5.41) is 13.8. The summed E-state index contributed by atoms with van der Waals surface area (Å²) in [7, 11) is 0. The smallest absolute Gasteiger partial charge is 0.266 e. The number of amides is 3. The highest BCUT2D eigenvalue weighted by molar-refractivity contribution is 5.91. The van der Waals surface area contributed by atoms with Gasteiger partial charge in [0, 0.05) is 18.8 Å². The van der Waals surface area contributed by atoms with Crippen molar-refractivity contribution in [2.45, 2.75) is 45.8 Å². The maximum atomic E-state index is 13.2. The van der Waals surface area contributed by atoms with Gasteiger partial charge >= 0.3 is 0 Å². The molecule has 3 amide bonds. The highest BCUT2D eigenvalue weighted by Crippen LogP contribution is 2.21. The molecule has 0 aromatic heterocycles. The molecule has 0 aliphatic rings. The molecule has 2 atom stereocenters. The molecular formula is C28H33N3O5. The molecule has 36 heavy (non-hydrogen) atoms. The van der Waals surface area contributed by atoms with Crippen LogP contribution in [0.3, 0.4) is 0 Å². The Morgan fingerprint density at radius 3 is 2.31 bits per heavy atom. The first-order valence-electron chi connectivity index (χ1n) is 12.0. The maximum absolute atomic E-state index is 13.2. The second-order valence-electron chi connectivity index (χ2n) is 9.21. The summed E-state index contributed by atoms with van der Waals surface area (Å²) >= 11 is 0. The van der Waals surface area contributed by atoms with E-state index in [1.54, 1.807) is 5.48 Å². The van der Waals surface area contributed by atoms with Crippen LogP contribution in [0.25, 0.3) is 10.8 Å². The van der Waals surface area contributed by atoms with Crippen LogP contribution in [0.5, 0.6) is 0 Å². The van der Waals surface area contributed by atoms with E-state index in [0.29, 0.717) is 6.42 Å². The fourth-order valence-corrected chi connectivity index (χ4v) is 4.15. The van der Waals surface area contributed by atoms with Crippen molar-refractivity contribution in [1.29, 1.82) is 0 Å². The number of rotatable bonds is 12. The van der Waals surface area contributed by atoms with Gasteiger partial charge in [0.15, 0.2) is 0 Å². The monoisotopic (exact) mass is 491 g/mol. The summed E-state index contributed by atoms with van der Waals surface area (Å²) in [6.45, 7) is 4.05. The van der Waals surface area contributed by atoms with Crippen LogP contribution < -0.4 is 16.3 Å². The molecule has 4 N–H and O–H groups in total. The second kappa shape index (κ2) is 13.4. The number of nitrogens with one attached hydrogen (secondary N) is 3. The molecule has 8 nitrogen and oxygen atoms in total. The van der Waals surface area contributed by atoms with Gasteiger partial charge in [0.1, 0.15) is 6.04 Å². The predicted octanol–water partition coefficient (Wildman–Crippen LogP) is 3.67. The van der Waals surface area contributed by atoms with E-state index in [1.807, 2.05) is 86.6 Å². The first kappa shape index (κ1) is 26.8. The summed E-state index contributed by atoms with van der Waals surface area (Å²) in [5.41, 5.74) is 5.83. The minimum atomic E-state index is -0.939. The van der Waals surface area contributed by atoms with Gasteiger partial charge in [-0.2, -0.15) is 0 Å². The molecule has 0 bridgehead atoms. The van der Waals surface area contributed by atoms with Gasteiger partial charge in [-0.25, -0.2) is 11.0 Å². The van der Waals surface area contributed by atoms with Gasteiger partial charge in [0.25, 0.3) is 5.91 Å². The molecular weight excluding hydrogens is 458 g/mol. The molecule has 0 aliphatic carbocycles. The van der Waals surface area contributed by atoms with Crippen LogP contribution in [0.1, 0.15) is 37.8 Å². The molecule has 0 unspecified atom stereocenters. The number of fused-ring (bicyclic) bond motifs is 1. The molecule has 190 valence electrons. The van der Waals surface area contributed by atoms with Crippen molar-refractivity contribution in [3.63, 3.8) is 0 Å². The van der Waals surface area contributed by atoms with Crippen LogP contribution in [-0.4, -0.2) is 29.0 Å². The Bertz CT molecular complexity index is 1160. The fraction of sp³-hybridized carbons (Fsp3) is 0.321. The van der Waals surface area contributed by atoms with Crippen molar-refractivity contribution in [1.82, 2.24) is 16.3 Å². The molecule has 0 aliphatic heterocycles. The lowest BCUT2D eigenvalue weighted by molar-refractivity contribution is -0.141. The Kier molecular flexibility index (Phi) is 9.97. The molecule has 0 saturated carbocycles. The van der Waals surface area contributed by atoms with E-state index in [9.17, 15) is 14.4 Å². The Hall–Kier alpha value is -3.75. The summed E-state index contributed by atoms with van der Waals surface area (Å²) in [5.74, 6) is -2.16. The standard InChI is InChI=1S/C28H33N3O5/c1-19(2)15-23(17-26(32)30-35)27(33)29-25(28(34)31-36-18-20-9-4-3-5-10-20)16-22-13-8-12-21-11-6-7-14-24(21)22/h3-14,19,23,25,35H,15-18H2,1-2H3,(H,29,33)(H,30,32)(H,31,34)/t23-,25+/m0/s1. The van der Waals surface area contributed by atoms with E-state index in [0.717, 1.165) is 21.9 Å². The number of hydrogen-bond acceptors (Lipinski definition) is 5. The van der Waals surface area contributed by atoms with Crippen LogP contribution in [-0.2, 0) is 32.2 Å². The Labute approximate surface area is 210 Å². The average Bonchev–Trinajstić information content (AvgIpc) is 2.88. The third kappa shape index (κ3) is 7.90. The van der Waals surface area contributed by atoms with Crippen molar-refractivity contribution in [3.05, 3.63) is 83.9 Å². The maximum Gasteiger partial charge on any atom is 0.266 e. The zero-order valence-corrected chi connectivity index (χ0v) is 20.6. The van der Waals surface area contributed by atoms with Crippen molar-refractivity contribution < 1.29 is 24.4 Å². The predicted molar refractivity (Wildman–Crippen MR) is 136 cm³/mol. The molecule has 0 fully saturated rings. The zero-order valence-electron chi connectivity index (χ0n) is 20.6. The van der Waals surface area contributed by atoms with Crippen LogP contribution in [0.15, 0.2) is 72.8 Å². The lowest BCUT2D eigenvalue weighted by Gasteiger charge is -2.23. The normalized spacial score (nSPS) is 12.7. The Balaban J connectivity index is 1.79. The van der Waals surface area contributed by atoms with E-state index < -0.39 is 29.7 Å². The average molecular weight is 492 g/mol. The minimum absolute atomic E-state index is 0.131. The van der Waals surface area contributed by atoms with Gasteiger partial charge in [0.2, 0.25) is 11.8 Å². The molecule has 8 heteroatoms. The van der Waals surface area contributed by atoms with Gasteiger partial charge in [-0.05, 0) is 34.2 Å². The van der Waals surface area contributed by atoms with Gasteiger partial charge < -0.3 is 5.32 Å². The topological polar surface area (TPSA) is 117 Å². The van der Waals surface area contributed by atoms with Gasteiger partial charge in [-0.1, -0.05) is 86.6 Å². The zero-order chi connectivity index (χ0) is 25.9. The summed E-state index contributed by atoms with van der Waals surface area (Å²) in [6, 6.07) is 22.1. The molecule has 3 rings (SSSR count). The van der Waals surface area contributed by atoms with Crippen LogP contribution in [0.2, 0.25) is 0 Å². The molecule has 0 radical (unpaired) electrons. The second-order valence-corrected chi connectivity index (χ2v) is 9.21. The molecule has 3 aromatic carbocycles. The first-order chi connectivity index (χ1) is 17.4. The minimum Gasteiger partial charge on any atom is -0.344 e. The van der Waals surface area contributed by atoms with Crippen LogP contribution in [0.4, 0.5) is 0 Å². The van der Waals surface area contributed by atoms with Gasteiger partial charge in [0.05, 0.1) is 6.61 Å². The van der Waals surface area contributed by atoms with Crippen LogP contribution in [0, 0.1) is 11.8 Å². The molecule has 3 aromatic rings. The number of carbonyl (C=O) groups excluding carboxylic acids is 3. The highest BCUT2D eigenvalue weighted by Gasteiger charge is 2.28. The molecule has 0 heterocycles. The third-order valence-corrected chi connectivity index (χ3v) is 5.87. The summed E-state index contributed by atoms with van der Waals surface area (Å²) < 4.78 is 0. The van der Waals surface area contributed by atoms with Crippen LogP contribution >= 0.6 is 0 Å². The van der Waals surface area contributed by atoms with Gasteiger partial charge in [-0.3, -0.25) is 24.4 Å².